The van der Waals surface area contributed by atoms with Crippen molar-refractivity contribution in [2.75, 3.05) is 13.7 Å². The fourth-order valence-corrected chi connectivity index (χ4v) is 5.81. The minimum absolute atomic E-state index is 0.0810. The predicted octanol–water partition coefficient (Wildman–Crippen LogP) is 3.07. The predicted molar refractivity (Wildman–Crippen MR) is 153 cm³/mol. The van der Waals surface area contributed by atoms with Crippen LogP contribution in [0.4, 0.5) is 0 Å². The number of ketones is 2. The molecule has 9 heteroatoms. The maximum Gasteiger partial charge on any atom is 0.224 e. The van der Waals surface area contributed by atoms with Gasteiger partial charge in [-0.05, 0) is 88.8 Å². The summed E-state index contributed by atoms with van der Waals surface area (Å²) in [5.41, 5.74) is -0.0178. The van der Waals surface area contributed by atoms with E-state index in [9.17, 15) is 24.3 Å². The highest BCUT2D eigenvalue weighted by Crippen LogP contribution is 2.32. The zero-order chi connectivity index (χ0) is 29.6. The topological polar surface area (TPSA) is 134 Å². The van der Waals surface area contributed by atoms with Gasteiger partial charge in [0.15, 0.2) is 11.6 Å². The van der Waals surface area contributed by atoms with E-state index in [1.165, 1.54) is 0 Å². The van der Waals surface area contributed by atoms with Crippen LogP contribution in [0.25, 0.3) is 0 Å². The highest BCUT2D eigenvalue weighted by molar-refractivity contribution is 5.98. The van der Waals surface area contributed by atoms with E-state index < -0.39 is 23.6 Å². The molecule has 4 unspecified atom stereocenters. The van der Waals surface area contributed by atoms with Crippen LogP contribution in [0.2, 0.25) is 0 Å². The molecule has 9 nitrogen and oxygen atoms in total. The number of carbonyl (C=O) groups excluding carboxylic acids is 4. The van der Waals surface area contributed by atoms with Gasteiger partial charge in [0, 0.05) is 18.3 Å². The third kappa shape index (κ3) is 8.49. The van der Waals surface area contributed by atoms with Crippen molar-refractivity contribution in [1.29, 1.82) is 0 Å². The Morgan fingerprint density at radius 2 is 1.68 bits per heavy atom. The number of amides is 2. The number of allylic oxidation sites excluding steroid dienone is 2. The molecular formula is C32H44N2O7. The third-order valence-electron chi connectivity index (χ3n) is 8.77. The maximum atomic E-state index is 13.8. The van der Waals surface area contributed by atoms with Gasteiger partial charge >= 0.3 is 0 Å². The summed E-state index contributed by atoms with van der Waals surface area (Å²) < 4.78 is 10.7. The lowest BCUT2D eigenvalue weighted by Gasteiger charge is -2.27. The van der Waals surface area contributed by atoms with Gasteiger partial charge in [0.05, 0.1) is 31.9 Å². The molecule has 2 amide bonds. The Bertz CT molecular complexity index is 1110. The molecule has 1 saturated heterocycles. The minimum atomic E-state index is -0.876. The van der Waals surface area contributed by atoms with Crippen molar-refractivity contribution in [3.05, 3.63) is 42.0 Å². The highest BCUT2D eigenvalue weighted by Gasteiger charge is 2.50. The molecule has 0 spiro atoms. The number of epoxide rings is 1. The Hall–Kier alpha value is -3.04. The molecule has 0 radical (unpaired) electrons. The molecule has 1 aromatic rings. The molecule has 4 atom stereocenters. The van der Waals surface area contributed by atoms with Gasteiger partial charge in [-0.1, -0.05) is 24.3 Å². The first-order valence-electron chi connectivity index (χ1n) is 14.9. The number of carbonyl (C=O) groups is 4. The summed E-state index contributed by atoms with van der Waals surface area (Å²) in [6.07, 6.45) is 8.61. The average Bonchev–Trinajstić information content (AvgIpc) is 3.50. The lowest BCUT2D eigenvalue weighted by molar-refractivity contribution is -0.135. The van der Waals surface area contributed by atoms with Crippen LogP contribution in [0.1, 0.15) is 70.8 Å². The molecule has 224 valence electrons. The van der Waals surface area contributed by atoms with Crippen LogP contribution < -0.4 is 15.4 Å². The Balaban J connectivity index is 1.45. The molecule has 41 heavy (non-hydrogen) atoms. The molecular weight excluding hydrogens is 524 g/mol. The van der Waals surface area contributed by atoms with Gasteiger partial charge in [-0.25, -0.2) is 0 Å². The highest BCUT2D eigenvalue weighted by atomic mass is 16.6. The fourth-order valence-electron chi connectivity index (χ4n) is 5.81. The minimum Gasteiger partial charge on any atom is -0.497 e. The van der Waals surface area contributed by atoms with E-state index >= 15 is 0 Å². The molecule has 3 aliphatic rings. The lowest BCUT2D eigenvalue weighted by Crippen LogP contribution is -2.50. The summed E-state index contributed by atoms with van der Waals surface area (Å²) in [5.74, 6) is -0.936. The third-order valence-corrected chi connectivity index (χ3v) is 8.77. The molecule has 3 N–H and O–H groups in total. The number of aliphatic hydroxyl groups is 1. The van der Waals surface area contributed by atoms with Crippen molar-refractivity contribution in [3.8, 4) is 5.75 Å². The summed E-state index contributed by atoms with van der Waals surface area (Å²) in [6, 6.07) is 5.87. The second kappa shape index (κ2) is 13.7. The van der Waals surface area contributed by atoms with Gasteiger partial charge in [-0.15, -0.1) is 0 Å². The van der Waals surface area contributed by atoms with Crippen LogP contribution in [0.15, 0.2) is 36.4 Å². The van der Waals surface area contributed by atoms with E-state index in [4.69, 9.17) is 9.47 Å². The van der Waals surface area contributed by atoms with Gasteiger partial charge in [0.2, 0.25) is 11.8 Å². The Morgan fingerprint density at radius 3 is 2.27 bits per heavy atom. The van der Waals surface area contributed by atoms with Gasteiger partial charge in [-0.2, -0.15) is 0 Å². The lowest BCUT2D eigenvalue weighted by atomic mass is 9.86. The van der Waals surface area contributed by atoms with Crippen LogP contribution in [0.5, 0.6) is 5.75 Å². The molecule has 4 rings (SSSR count). The molecule has 0 bridgehead atoms. The van der Waals surface area contributed by atoms with Gasteiger partial charge < -0.3 is 25.2 Å². The average molecular weight is 569 g/mol. The number of aliphatic hydroxyl groups excluding tert-OH is 1. The fraction of sp³-hybridized carbons (Fsp3) is 0.625. The van der Waals surface area contributed by atoms with E-state index in [0.29, 0.717) is 50.9 Å². The van der Waals surface area contributed by atoms with E-state index in [1.807, 2.05) is 12.1 Å². The first-order chi connectivity index (χ1) is 19.6. The van der Waals surface area contributed by atoms with E-state index in [-0.39, 0.29) is 47.7 Å². The molecule has 2 fully saturated rings. The van der Waals surface area contributed by atoms with Crippen molar-refractivity contribution < 1.29 is 33.8 Å². The summed E-state index contributed by atoms with van der Waals surface area (Å²) in [6.45, 7) is 3.73. The van der Waals surface area contributed by atoms with Gasteiger partial charge in [0.25, 0.3) is 0 Å². The smallest absolute Gasteiger partial charge is 0.224 e. The first kappa shape index (κ1) is 30.9. The summed E-state index contributed by atoms with van der Waals surface area (Å²) >= 11 is 0. The number of rotatable bonds is 14. The Kier molecular flexibility index (Phi) is 10.4. The zero-order valence-electron chi connectivity index (χ0n) is 24.4. The number of benzene rings is 1. The van der Waals surface area contributed by atoms with Crippen LogP contribution >= 0.6 is 0 Å². The summed E-state index contributed by atoms with van der Waals surface area (Å²) in [5, 5.41) is 15.6. The van der Waals surface area contributed by atoms with Crippen LogP contribution in [-0.4, -0.2) is 66.0 Å². The van der Waals surface area contributed by atoms with Crippen LogP contribution in [0.3, 0.4) is 0 Å². The number of hydrogen-bond donors (Lipinski definition) is 3. The second-order valence-electron chi connectivity index (χ2n) is 12.1. The van der Waals surface area contributed by atoms with E-state index in [1.54, 1.807) is 33.1 Å². The monoisotopic (exact) mass is 568 g/mol. The maximum absolute atomic E-state index is 13.8. The molecule has 1 aromatic carbocycles. The zero-order valence-corrected chi connectivity index (χ0v) is 24.4. The van der Waals surface area contributed by atoms with Crippen molar-refractivity contribution in [2.24, 2.45) is 17.8 Å². The first-order valence-corrected chi connectivity index (χ1v) is 14.9. The van der Waals surface area contributed by atoms with Crippen molar-refractivity contribution in [3.63, 3.8) is 0 Å². The van der Waals surface area contributed by atoms with E-state index in [0.717, 1.165) is 18.4 Å². The van der Waals surface area contributed by atoms with Gasteiger partial charge in [-0.3, -0.25) is 19.2 Å². The second-order valence-corrected chi connectivity index (χ2v) is 12.1. The van der Waals surface area contributed by atoms with E-state index in [2.05, 4.69) is 22.8 Å². The van der Waals surface area contributed by atoms with Gasteiger partial charge in [0.1, 0.15) is 11.4 Å². The molecule has 1 aliphatic heterocycles. The molecule has 1 heterocycles. The normalized spacial score (nSPS) is 26.0. The largest absolute Gasteiger partial charge is 0.497 e. The number of nitrogens with one attached hydrogen (secondary N) is 2. The molecule has 2 aliphatic carbocycles. The standard InChI is InChI=1S/C32H44N2O7/c1-20(33-30(38)23-10-12-25(35)13-11-23)28(36)18-24(16-22-8-14-26(40-3)15-9-22)31(39)34-27(17-21-6-4-5-7-21)29(37)32(2)19-41-32/h4-5,8-9,14-15,20-21,23-25,27,35H,6-7,10-13,16-19H2,1-3H3,(H,33,38)(H,34,39). The number of ether oxygens (including phenoxy) is 2. The summed E-state index contributed by atoms with van der Waals surface area (Å²) in [7, 11) is 1.58. The van der Waals surface area contributed by atoms with Crippen LogP contribution in [0, 0.1) is 17.8 Å². The van der Waals surface area contributed by atoms with Crippen LogP contribution in [-0.2, 0) is 30.3 Å². The number of hydrogen-bond acceptors (Lipinski definition) is 7. The van der Waals surface area contributed by atoms with Crippen molar-refractivity contribution >= 4 is 23.4 Å². The molecule has 0 aromatic heterocycles. The van der Waals surface area contributed by atoms with Crippen molar-refractivity contribution in [1.82, 2.24) is 10.6 Å². The SMILES string of the molecule is COc1ccc(CC(CC(=O)C(C)NC(=O)C2CCC(O)CC2)C(=O)NC(CC2CC=CC2)C(=O)C2(C)CO2)cc1. The Morgan fingerprint density at radius 1 is 1.05 bits per heavy atom. The Labute approximate surface area is 242 Å². The quantitative estimate of drug-likeness (QED) is 0.232. The van der Waals surface area contributed by atoms with Crippen molar-refractivity contribution in [2.45, 2.75) is 95.4 Å². The number of methoxy groups -OCH3 is 1. The molecule has 1 saturated carbocycles. The number of Topliss-reactive ketones (excluding diaryl/α,β-unsaturated/α-hetero) is 2. The summed E-state index contributed by atoms with van der Waals surface area (Å²) in [4.78, 5) is 53.2.